The fourth-order valence-corrected chi connectivity index (χ4v) is 3.60. The molecule has 0 spiro atoms. The van der Waals surface area contributed by atoms with Gasteiger partial charge in [0.2, 0.25) is 0 Å². The second-order valence-electron chi connectivity index (χ2n) is 7.43. The number of hydrogen-bond donors (Lipinski definition) is 3. The Morgan fingerprint density at radius 2 is 2.00 bits per heavy atom. The minimum absolute atomic E-state index is 0.145. The van der Waals surface area contributed by atoms with Crippen molar-refractivity contribution in [2.75, 3.05) is 30.4 Å². The number of carbonyl (C=O) groups excluding carboxylic acids is 1. The number of halogens is 3. The van der Waals surface area contributed by atoms with E-state index >= 15 is 0 Å². The number of ether oxygens (including phenoxy) is 2. The first-order valence-corrected chi connectivity index (χ1v) is 9.94. The van der Waals surface area contributed by atoms with E-state index in [1.54, 1.807) is 25.4 Å². The number of nitrogens with zero attached hydrogens (tertiary/aromatic N) is 3. The first-order chi connectivity index (χ1) is 15.7. The smallest absolute Gasteiger partial charge is 0.406 e. The molecule has 3 aromatic rings. The quantitative estimate of drug-likeness (QED) is 0.516. The molecule has 1 fully saturated rings. The third-order valence-electron chi connectivity index (χ3n) is 5.18. The van der Waals surface area contributed by atoms with E-state index in [4.69, 9.17) is 10.5 Å². The van der Waals surface area contributed by atoms with E-state index in [0.29, 0.717) is 35.9 Å². The molecule has 4 N–H and O–H groups in total. The van der Waals surface area contributed by atoms with Crippen molar-refractivity contribution in [3.05, 3.63) is 54.4 Å². The number of benzene rings is 1. The summed E-state index contributed by atoms with van der Waals surface area (Å²) in [6, 6.07) is 8.09. The van der Waals surface area contributed by atoms with E-state index in [0.717, 1.165) is 12.1 Å². The van der Waals surface area contributed by atoms with Gasteiger partial charge in [-0.1, -0.05) is 0 Å². The molecule has 9 nitrogen and oxygen atoms in total. The van der Waals surface area contributed by atoms with Crippen LogP contribution in [0, 0.1) is 0 Å². The van der Waals surface area contributed by atoms with Crippen molar-refractivity contribution in [1.29, 1.82) is 0 Å². The summed E-state index contributed by atoms with van der Waals surface area (Å²) in [5.41, 5.74) is 8.01. The Bertz CT molecular complexity index is 1110. The van der Waals surface area contributed by atoms with E-state index in [9.17, 15) is 18.0 Å². The van der Waals surface area contributed by atoms with E-state index in [-0.39, 0.29) is 23.5 Å². The highest BCUT2D eigenvalue weighted by Crippen LogP contribution is 2.31. The Balaban J connectivity index is 1.56. The van der Waals surface area contributed by atoms with Gasteiger partial charge in [0.1, 0.15) is 11.6 Å². The number of amides is 1. The van der Waals surface area contributed by atoms with Gasteiger partial charge < -0.3 is 25.4 Å². The highest BCUT2D eigenvalue weighted by atomic mass is 19.4. The van der Waals surface area contributed by atoms with Gasteiger partial charge in [0.15, 0.2) is 0 Å². The maximum Gasteiger partial charge on any atom is 0.573 e. The monoisotopic (exact) mass is 462 g/mol. The van der Waals surface area contributed by atoms with Crippen molar-refractivity contribution in [1.82, 2.24) is 15.2 Å². The van der Waals surface area contributed by atoms with Crippen LogP contribution in [0.4, 0.5) is 24.7 Å². The van der Waals surface area contributed by atoms with Crippen LogP contribution >= 0.6 is 0 Å². The third-order valence-corrected chi connectivity index (χ3v) is 5.18. The van der Waals surface area contributed by atoms with E-state index in [1.807, 2.05) is 4.90 Å². The number of alkyl halides is 3. The number of H-pyrrole nitrogens is 1. The average molecular weight is 462 g/mol. The summed E-state index contributed by atoms with van der Waals surface area (Å²) in [7, 11) is 1.60. The van der Waals surface area contributed by atoms with Crippen LogP contribution in [0.5, 0.6) is 5.75 Å². The van der Waals surface area contributed by atoms with Crippen LogP contribution in [0.3, 0.4) is 0 Å². The van der Waals surface area contributed by atoms with Crippen LogP contribution in [-0.2, 0) is 4.74 Å². The van der Waals surface area contributed by atoms with Crippen LogP contribution in [0.1, 0.15) is 10.4 Å². The van der Waals surface area contributed by atoms with Gasteiger partial charge in [-0.3, -0.25) is 9.89 Å². The number of pyridine rings is 1. The summed E-state index contributed by atoms with van der Waals surface area (Å²) in [5, 5.41) is 9.49. The van der Waals surface area contributed by atoms with Crippen molar-refractivity contribution in [2.24, 2.45) is 5.73 Å². The van der Waals surface area contributed by atoms with E-state index in [2.05, 4.69) is 25.2 Å². The lowest BCUT2D eigenvalue weighted by Crippen LogP contribution is -2.34. The van der Waals surface area contributed by atoms with Crippen LogP contribution in [-0.4, -0.2) is 59.8 Å². The van der Waals surface area contributed by atoms with Gasteiger partial charge in [-0.2, -0.15) is 5.10 Å². The molecule has 1 aliphatic heterocycles. The first-order valence-electron chi connectivity index (χ1n) is 9.94. The van der Waals surface area contributed by atoms with Crippen LogP contribution in [0.2, 0.25) is 0 Å². The second-order valence-corrected chi connectivity index (χ2v) is 7.43. The largest absolute Gasteiger partial charge is 0.573 e. The summed E-state index contributed by atoms with van der Waals surface area (Å²) in [6.07, 6.45) is -1.92. The maximum absolute atomic E-state index is 12.8. The number of rotatable bonds is 6. The van der Waals surface area contributed by atoms with E-state index < -0.39 is 12.3 Å². The first kappa shape index (κ1) is 22.6. The minimum Gasteiger partial charge on any atom is -0.406 e. The predicted molar refractivity (Wildman–Crippen MR) is 114 cm³/mol. The average Bonchev–Trinajstić information content (AvgIpc) is 3.43. The zero-order valence-electron chi connectivity index (χ0n) is 17.5. The number of aromatic nitrogens is 3. The Hall–Kier alpha value is -3.64. The highest BCUT2D eigenvalue weighted by molar-refractivity contribution is 6.05. The molecule has 1 aliphatic rings. The third kappa shape index (κ3) is 5.23. The van der Waals surface area contributed by atoms with Crippen LogP contribution in [0.15, 0.2) is 48.8 Å². The Morgan fingerprint density at radius 3 is 2.61 bits per heavy atom. The lowest BCUT2D eigenvalue weighted by Gasteiger charge is -2.20. The van der Waals surface area contributed by atoms with Crippen LogP contribution in [0.25, 0.3) is 11.3 Å². The summed E-state index contributed by atoms with van der Waals surface area (Å²) in [4.78, 5) is 19.3. The molecule has 12 heteroatoms. The lowest BCUT2D eigenvalue weighted by atomic mass is 10.1. The molecule has 0 saturated carbocycles. The standard InChI is InChI=1S/C21H21F3N6O3/c1-32-18-11-30(10-16(18)25)19-15(17-6-7-27-29-17)8-12(9-26-19)20(31)28-13-2-4-14(5-3-13)33-21(22,23)24/h2-9,16,18H,10-11,25H2,1H3,(H,27,29)(H,28,31)/t16-,18-/m0/s1. The Kier molecular flexibility index (Phi) is 6.20. The fourth-order valence-electron chi connectivity index (χ4n) is 3.60. The predicted octanol–water partition coefficient (Wildman–Crippen LogP) is 2.78. The van der Waals surface area contributed by atoms with Crippen molar-refractivity contribution in [3.8, 4) is 17.0 Å². The molecule has 33 heavy (non-hydrogen) atoms. The van der Waals surface area contributed by atoms with Gasteiger partial charge in [-0.05, 0) is 36.4 Å². The molecule has 2 atom stereocenters. The number of methoxy groups -OCH3 is 1. The normalized spacial score (nSPS) is 18.4. The number of anilines is 2. The van der Waals surface area contributed by atoms with Crippen molar-refractivity contribution < 1.29 is 27.4 Å². The van der Waals surface area contributed by atoms with Crippen molar-refractivity contribution in [2.45, 2.75) is 18.5 Å². The molecule has 3 heterocycles. The molecule has 4 rings (SSSR count). The van der Waals surface area contributed by atoms with Gasteiger partial charge in [0, 0.05) is 43.8 Å². The van der Waals surface area contributed by atoms with Gasteiger partial charge in [-0.15, -0.1) is 13.2 Å². The molecule has 0 radical (unpaired) electrons. The topological polar surface area (TPSA) is 118 Å². The van der Waals surface area contributed by atoms with Gasteiger partial charge >= 0.3 is 6.36 Å². The lowest BCUT2D eigenvalue weighted by molar-refractivity contribution is -0.274. The van der Waals surface area contributed by atoms with Crippen molar-refractivity contribution >= 4 is 17.4 Å². The van der Waals surface area contributed by atoms with E-state index in [1.165, 1.54) is 18.3 Å². The second kappa shape index (κ2) is 9.08. The molecular formula is C21H21F3N6O3. The maximum atomic E-state index is 12.8. The fraction of sp³-hybridized carbons (Fsp3) is 0.286. The number of carbonyl (C=O) groups is 1. The number of nitrogens with one attached hydrogen (secondary N) is 2. The SMILES string of the molecule is CO[C@H]1CN(c2ncc(C(=O)Nc3ccc(OC(F)(F)F)cc3)cc2-c2ccn[nH]2)C[C@@H]1N. The summed E-state index contributed by atoms with van der Waals surface area (Å²) in [5.74, 6) is -0.238. The molecule has 1 saturated heterocycles. The summed E-state index contributed by atoms with van der Waals surface area (Å²) < 4.78 is 46.2. The minimum atomic E-state index is -4.79. The molecule has 2 aromatic heterocycles. The Morgan fingerprint density at radius 1 is 1.24 bits per heavy atom. The molecular weight excluding hydrogens is 441 g/mol. The zero-order chi connectivity index (χ0) is 23.6. The van der Waals surface area contributed by atoms with Crippen molar-refractivity contribution in [3.63, 3.8) is 0 Å². The Labute approximate surface area is 186 Å². The number of hydrogen-bond acceptors (Lipinski definition) is 7. The molecule has 0 bridgehead atoms. The summed E-state index contributed by atoms with van der Waals surface area (Å²) >= 11 is 0. The van der Waals surface area contributed by atoms with Crippen LogP contribution < -0.4 is 20.7 Å². The number of aromatic amines is 1. The molecule has 174 valence electrons. The zero-order valence-corrected chi connectivity index (χ0v) is 17.5. The molecule has 1 amide bonds. The molecule has 0 aliphatic carbocycles. The van der Waals surface area contributed by atoms with Gasteiger partial charge in [0.25, 0.3) is 5.91 Å². The van der Waals surface area contributed by atoms with Gasteiger partial charge in [0.05, 0.1) is 23.4 Å². The summed E-state index contributed by atoms with van der Waals surface area (Å²) in [6.45, 7) is 1.08. The highest BCUT2D eigenvalue weighted by Gasteiger charge is 2.33. The molecule has 1 aromatic carbocycles. The van der Waals surface area contributed by atoms with Gasteiger partial charge in [-0.25, -0.2) is 4.98 Å². The number of nitrogens with two attached hydrogens (primary N) is 1. The molecule has 0 unspecified atom stereocenters.